The smallest absolute Gasteiger partial charge is 0.118 e. The Balaban J connectivity index is 1.37. The highest BCUT2D eigenvalue weighted by atomic mass is 32.2. The second-order valence-electron chi connectivity index (χ2n) is 5.53. The normalized spacial score (nSPS) is 14.9. The molecule has 0 unspecified atom stereocenters. The van der Waals surface area contributed by atoms with Crippen molar-refractivity contribution in [3.05, 3.63) is 54.0 Å². The molecule has 2 aromatic heterocycles. The van der Waals surface area contributed by atoms with Gasteiger partial charge in [0, 0.05) is 16.9 Å². The van der Waals surface area contributed by atoms with Crippen LogP contribution in [-0.2, 0) is 12.3 Å². The number of furan rings is 1. The van der Waals surface area contributed by atoms with Gasteiger partial charge in [0.15, 0.2) is 0 Å². The molecule has 0 bridgehead atoms. The van der Waals surface area contributed by atoms with E-state index in [1.165, 1.54) is 28.8 Å². The SMILES string of the molecule is c1ccc2[nH]c(SCc3ccc(CNC4CC4)o3)cc2c1. The fourth-order valence-corrected chi connectivity index (χ4v) is 3.25. The van der Waals surface area contributed by atoms with E-state index in [0.29, 0.717) is 0 Å². The van der Waals surface area contributed by atoms with Crippen LogP contribution in [-0.4, -0.2) is 11.0 Å². The monoisotopic (exact) mass is 298 g/mol. The zero-order valence-corrected chi connectivity index (χ0v) is 12.6. The van der Waals surface area contributed by atoms with Gasteiger partial charge in [0.05, 0.1) is 17.3 Å². The lowest BCUT2D eigenvalue weighted by Gasteiger charge is -1.99. The van der Waals surface area contributed by atoms with Crippen LogP contribution in [0.15, 0.2) is 51.9 Å². The maximum Gasteiger partial charge on any atom is 0.118 e. The Bertz CT molecular complexity index is 709. The standard InChI is InChI=1S/C17H18N2OS/c1-2-4-16-12(3-1)9-17(19-16)21-11-15-8-7-14(20-15)10-18-13-5-6-13/h1-4,7-9,13,18-19H,5-6,10-11H2. The number of rotatable bonds is 6. The van der Waals surface area contributed by atoms with Crippen molar-refractivity contribution in [1.82, 2.24) is 10.3 Å². The Kier molecular flexibility index (Phi) is 3.49. The van der Waals surface area contributed by atoms with Gasteiger partial charge in [-0.1, -0.05) is 18.2 Å². The van der Waals surface area contributed by atoms with Crippen LogP contribution in [0.5, 0.6) is 0 Å². The molecule has 1 aliphatic rings. The van der Waals surface area contributed by atoms with Crippen LogP contribution in [0.1, 0.15) is 24.4 Å². The van der Waals surface area contributed by atoms with Crippen LogP contribution in [0.25, 0.3) is 10.9 Å². The summed E-state index contributed by atoms with van der Waals surface area (Å²) in [4.78, 5) is 3.43. The summed E-state index contributed by atoms with van der Waals surface area (Å²) in [6.07, 6.45) is 2.62. The molecule has 0 atom stereocenters. The zero-order valence-electron chi connectivity index (χ0n) is 11.8. The summed E-state index contributed by atoms with van der Waals surface area (Å²) in [6, 6.07) is 15.4. The van der Waals surface area contributed by atoms with E-state index in [1.54, 1.807) is 11.8 Å². The molecule has 0 saturated heterocycles. The van der Waals surface area contributed by atoms with Crippen molar-refractivity contribution in [1.29, 1.82) is 0 Å². The third-order valence-electron chi connectivity index (χ3n) is 3.73. The first-order valence-corrected chi connectivity index (χ1v) is 8.37. The average molecular weight is 298 g/mol. The molecule has 0 spiro atoms. The summed E-state index contributed by atoms with van der Waals surface area (Å²) in [7, 11) is 0. The predicted molar refractivity (Wildman–Crippen MR) is 86.4 cm³/mol. The van der Waals surface area contributed by atoms with Crippen molar-refractivity contribution in [2.45, 2.75) is 36.2 Å². The molecule has 4 rings (SSSR count). The molecular formula is C17H18N2OS. The van der Waals surface area contributed by atoms with Crippen LogP contribution < -0.4 is 5.32 Å². The van der Waals surface area contributed by atoms with Crippen molar-refractivity contribution in [2.24, 2.45) is 0 Å². The van der Waals surface area contributed by atoms with E-state index in [4.69, 9.17) is 4.42 Å². The number of H-pyrrole nitrogens is 1. The first kappa shape index (κ1) is 13.0. The number of hydrogen-bond donors (Lipinski definition) is 2. The highest BCUT2D eigenvalue weighted by molar-refractivity contribution is 7.98. The van der Waals surface area contributed by atoms with Gasteiger partial charge in [-0.05, 0) is 37.1 Å². The van der Waals surface area contributed by atoms with Gasteiger partial charge in [-0.3, -0.25) is 0 Å². The van der Waals surface area contributed by atoms with E-state index >= 15 is 0 Å². The molecular weight excluding hydrogens is 280 g/mol. The van der Waals surface area contributed by atoms with Gasteiger partial charge in [-0.25, -0.2) is 0 Å². The third-order valence-corrected chi connectivity index (χ3v) is 4.69. The fourth-order valence-electron chi connectivity index (χ4n) is 2.40. The van der Waals surface area contributed by atoms with E-state index < -0.39 is 0 Å². The van der Waals surface area contributed by atoms with Gasteiger partial charge < -0.3 is 14.7 Å². The summed E-state index contributed by atoms with van der Waals surface area (Å²) in [5.41, 5.74) is 1.19. The fraction of sp³-hybridized carbons (Fsp3) is 0.294. The molecule has 2 heterocycles. The number of fused-ring (bicyclic) bond motifs is 1. The molecule has 1 aromatic carbocycles. The minimum absolute atomic E-state index is 0.722. The van der Waals surface area contributed by atoms with Gasteiger partial charge in [0.1, 0.15) is 11.5 Å². The lowest BCUT2D eigenvalue weighted by Crippen LogP contribution is -2.14. The summed E-state index contributed by atoms with van der Waals surface area (Å²) in [5.74, 6) is 2.93. The first-order chi connectivity index (χ1) is 10.4. The average Bonchev–Trinajstić information content (AvgIpc) is 3.07. The van der Waals surface area contributed by atoms with Crippen LogP contribution in [0.3, 0.4) is 0 Å². The number of nitrogens with one attached hydrogen (secondary N) is 2. The first-order valence-electron chi connectivity index (χ1n) is 7.38. The van der Waals surface area contributed by atoms with Gasteiger partial charge in [0.2, 0.25) is 0 Å². The Morgan fingerprint density at radius 2 is 2.00 bits per heavy atom. The molecule has 3 nitrogen and oxygen atoms in total. The quantitative estimate of drug-likeness (QED) is 0.666. The van der Waals surface area contributed by atoms with Gasteiger partial charge in [-0.2, -0.15) is 0 Å². The largest absolute Gasteiger partial charge is 0.464 e. The second kappa shape index (κ2) is 5.62. The molecule has 0 amide bonds. The molecule has 0 aliphatic heterocycles. The summed E-state index contributed by atoms with van der Waals surface area (Å²) >= 11 is 1.78. The van der Waals surface area contributed by atoms with Gasteiger partial charge >= 0.3 is 0 Å². The third kappa shape index (κ3) is 3.17. The molecule has 4 heteroatoms. The summed E-state index contributed by atoms with van der Waals surface area (Å²) < 4.78 is 5.86. The molecule has 3 aromatic rings. The second-order valence-corrected chi connectivity index (χ2v) is 6.55. The minimum Gasteiger partial charge on any atom is -0.464 e. The maximum atomic E-state index is 5.86. The molecule has 1 saturated carbocycles. The number of benzene rings is 1. The number of aromatic nitrogens is 1. The highest BCUT2D eigenvalue weighted by Gasteiger charge is 2.20. The van der Waals surface area contributed by atoms with Crippen LogP contribution in [0.2, 0.25) is 0 Å². The summed E-state index contributed by atoms with van der Waals surface area (Å²) in [5, 5.41) is 5.91. The van der Waals surface area contributed by atoms with E-state index in [-0.39, 0.29) is 0 Å². The van der Waals surface area contributed by atoms with Crippen LogP contribution >= 0.6 is 11.8 Å². The maximum absolute atomic E-state index is 5.86. The van der Waals surface area contributed by atoms with Gasteiger partial charge in [0.25, 0.3) is 0 Å². The summed E-state index contributed by atoms with van der Waals surface area (Å²) in [6.45, 7) is 0.849. The van der Waals surface area contributed by atoms with E-state index in [9.17, 15) is 0 Å². The van der Waals surface area contributed by atoms with E-state index in [2.05, 4.69) is 52.8 Å². The van der Waals surface area contributed by atoms with Crippen molar-refractivity contribution in [3.8, 4) is 0 Å². The van der Waals surface area contributed by atoms with Gasteiger partial charge in [-0.15, -0.1) is 11.8 Å². The van der Waals surface area contributed by atoms with Crippen molar-refractivity contribution in [2.75, 3.05) is 0 Å². The molecule has 2 N–H and O–H groups in total. The number of aromatic amines is 1. The predicted octanol–water partition coefficient (Wildman–Crippen LogP) is 4.31. The van der Waals surface area contributed by atoms with Crippen LogP contribution in [0, 0.1) is 0 Å². The molecule has 108 valence electrons. The Morgan fingerprint density at radius 3 is 2.86 bits per heavy atom. The molecule has 1 fully saturated rings. The number of thioether (sulfide) groups is 1. The Hall–Kier alpha value is -1.65. The van der Waals surface area contributed by atoms with Crippen molar-refractivity contribution < 1.29 is 4.42 Å². The number of hydrogen-bond acceptors (Lipinski definition) is 3. The molecule has 1 aliphatic carbocycles. The molecule has 21 heavy (non-hydrogen) atoms. The van der Waals surface area contributed by atoms with Crippen molar-refractivity contribution >= 4 is 22.7 Å². The Morgan fingerprint density at radius 1 is 1.14 bits per heavy atom. The van der Waals surface area contributed by atoms with E-state index in [1.807, 2.05) is 0 Å². The zero-order chi connectivity index (χ0) is 14.1. The van der Waals surface area contributed by atoms with E-state index in [0.717, 1.165) is 29.9 Å². The Labute approximate surface area is 128 Å². The van der Waals surface area contributed by atoms with Crippen LogP contribution in [0.4, 0.5) is 0 Å². The lowest BCUT2D eigenvalue weighted by molar-refractivity contribution is 0.458. The minimum atomic E-state index is 0.722. The number of para-hydroxylation sites is 1. The van der Waals surface area contributed by atoms with Crippen molar-refractivity contribution in [3.63, 3.8) is 0 Å². The topological polar surface area (TPSA) is 41.0 Å². The highest BCUT2D eigenvalue weighted by Crippen LogP contribution is 2.27. The lowest BCUT2D eigenvalue weighted by atomic mass is 10.3. The molecule has 0 radical (unpaired) electrons.